The van der Waals surface area contributed by atoms with Crippen LogP contribution < -0.4 is 10.4 Å². The first kappa shape index (κ1) is 21.5. The Morgan fingerprint density at radius 2 is 1.73 bits per heavy atom. The summed E-state index contributed by atoms with van der Waals surface area (Å²) in [5, 5.41) is 0.774. The van der Waals surface area contributed by atoms with Crippen molar-refractivity contribution in [3.63, 3.8) is 0 Å². The number of furan rings is 1. The molecule has 172 valence electrons. The number of ether oxygens (including phenoxy) is 2. The molecule has 1 aliphatic heterocycles. The third-order valence-corrected chi connectivity index (χ3v) is 5.71. The summed E-state index contributed by atoms with van der Waals surface area (Å²) in [5.41, 5.74) is -0.909. The SMILES string of the molecule is O=c1ccc2c(-c3ccccc3C(F)(F)F)c3ccoc3c(OCCN3CCOCC3)c2o1. The van der Waals surface area contributed by atoms with Gasteiger partial charge in [-0.2, -0.15) is 13.2 Å². The summed E-state index contributed by atoms with van der Waals surface area (Å²) in [6.45, 7) is 3.75. The van der Waals surface area contributed by atoms with Crippen molar-refractivity contribution in [2.45, 2.75) is 6.18 Å². The van der Waals surface area contributed by atoms with Gasteiger partial charge in [-0.05, 0) is 23.8 Å². The average molecular weight is 459 g/mol. The summed E-state index contributed by atoms with van der Waals surface area (Å²) in [4.78, 5) is 14.2. The maximum Gasteiger partial charge on any atom is 0.417 e. The number of alkyl halides is 3. The molecule has 1 saturated heterocycles. The van der Waals surface area contributed by atoms with Crippen molar-refractivity contribution in [1.29, 1.82) is 0 Å². The molecule has 0 saturated carbocycles. The minimum absolute atomic E-state index is 0.0323. The monoisotopic (exact) mass is 459 g/mol. The highest BCUT2D eigenvalue weighted by Gasteiger charge is 2.35. The van der Waals surface area contributed by atoms with Crippen LogP contribution in [-0.2, 0) is 10.9 Å². The van der Waals surface area contributed by atoms with E-state index in [9.17, 15) is 18.0 Å². The van der Waals surface area contributed by atoms with Gasteiger partial charge in [0.05, 0.1) is 25.0 Å². The van der Waals surface area contributed by atoms with E-state index in [0.717, 1.165) is 19.2 Å². The zero-order chi connectivity index (χ0) is 23.0. The Bertz CT molecular complexity index is 1350. The van der Waals surface area contributed by atoms with E-state index < -0.39 is 17.4 Å². The molecule has 0 atom stereocenters. The van der Waals surface area contributed by atoms with Crippen LogP contribution in [0, 0.1) is 0 Å². The molecule has 1 aliphatic rings. The lowest BCUT2D eigenvalue weighted by molar-refractivity contribution is -0.137. The maximum atomic E-state index is 13.8. The fourth-order valence-corrected chi connectivity index (χ4v) is 4.18. The molecule has 2 aromatic heterocycles. The first-order valence-corrected chi connectivity index (χ1v) is 10.5. The zero-order valence-electron chi connectivity index (χ0n) is 17.5. The Morgan fingerprint density at radius 1 is 0.970 bits per heavy atom. The van der Waals surface area contributed by atoms with Crippen molar-refractivity contribution in [3.05, 3.63) is 64.7 Å². The third-order valence-electron chi connectivity index (χ3n) is 5.71. The van der Waals surface area contributed by atoms with Gasteiger partial charge in [-0.25, -0.2) is 4.79 Å². The predicted octanol–water partition coefficient (Wildman–Crippen LogP) is 4.94. The van der Waals surface area contributed by atoms with E-state index >= 15 is 0 Å². The fourth-order valence-electron chi connectivity index (χ4n) is 4.18. The van der Waals surface area contributed by atoms with Gasteiger partial charge in [0.1, 0.15) is 6.61 Å². The lowest BCUT2D eigenvalue weighted by Gasteiger charge is -2.26. The Labute approximate surface area is 186 Å². The number of hydrogen-bond acceptors (Lipinski definition) is 6. The Hall–Kier alpha value is -3.30. The van der Waals surface area contributed by atoms with E-state index in [0.29, 0.717) is 30.5 Å². The van der Waals surface area contributed by atoms with Gasteiger partial charge in [-0.15, -0.1) is 0 Å². The second kappa shape index (κ2) is 8.57. The first-order valence-electron chi connectivity index (χ1n) is 10.5. The minimum atomic E-state index is -4.57. The molecule has 0 bridgehead atoms. The predicted molar refractivity (Wildman–Crippen MR) is 115 cm³/mol. The first-order chi connectivity index (χ1) is 15.9. The second-order valence-corrected chi connectivity index (χ2v) is 7.71. The molecular formula is C24H20F3NO5. The maximum absolute atomic E-state index is 13.8. The van der Waals surface area contributed by atoms with Gasteiger partial charge in [0.2, 0.25) is 5.75 Å². The van der Waals surface area contributed by atoms with Crippen LogP contribution in [0.2, 0.25) is 0 Å². The summed E-state index contributed by atoms with van der Waals surface area (Å²) in [6.07, 6.45) is -3.18. The van der Waals surface area contributed by atoms with Gasteiger partial charge >= 0.3 is 11.8 Å². The largest absolute Gasteiger partial charge is 0.485 e. The number of halogens is 3. The van der Waals surface area contributed by atoms with Crippen molar-refractivity contribution in [2.24, 2.45) is 0 Å². The van der Waals surface area contributed by atoms with Gasteiger partial charge in [0, 0.05) is 42.0 Å². The highest BCUT2D eigenvalue weighted by molar-refractivity contribution is 6.14. The molecule has 5 rings (SSSR count). The van der Waals surface area contributed by atoms with Crippen molar-refractivity contribution >= 4 is 21.9 Å². The van der Waals surface area contributed by atoms with Crippen LogP contribution in [0.5, 0.6) is 5.75 Å². The Balaban J connectivity index is 1.66. The molecule has 2 aromatic carbocycles. The van der Waals surface area contributed by atoms with Crippen molar-refractivity contribution < 1.29 is 31.5 Å². The summed E-state index contributed by atoms with van der Waals surface area (Å²) >= 11 is 0. The summed E-state index contributed by atoms with van der Waals surface area (Å²) in [7, 11) is 0. The van der Waals surface area contributed by atoms with E-state index in [-0.39, 0.29) is 34.6 Å². The van der Waals surface area contributed by atoms with Gasteiger partial charge in [0.15, 0.2) is 11.2 Å². The quantitative estimate of drug-likeness (QED) is 0.394. The van der Waals surface area contributed by atoms with Crippen LogP contribution in [0.3, 0.4) is 0 Å². The van der Waals surface area contributed by atoms with Crippen LogP contribution in [0.1, 0.15) is 5.56 Å². The molecule has 6 nitrogen and oxygen atoms in total. The normalized spacial score (nSPS) is 15.4. The van der Waals surface area contributed by atoms with Crippen molar-refractivity contribution in [2.75, 3.05) is 39.5 Å². The lowest BCUT2D eigenvalue weighted by Crippen LogP contribution is -2.38. The molecular weight excluding hydrogens is 439 g/mol. The molecule has 9 heteroatoms. The summed E-state index contributed by atoms with van der Waals surface area (Å²) in [5.74, 6) is 0.198. The average Bonchev–Trinajstić information content (AvgIpc) is 3.28. The number of rotatable bonds is 5. The van der Waals surface area contributed by atoms with Crippen molar-refractivity contribution in [3.8, 4) is 16.9 Å². The number of benzene rings is 2. The topological polar surface area (TPSA) is 65.0 Å². The molecule has 0 radical (unpaired) electrons. The standard InChI is InChI=1S/C24H20F3NO5/c25-24(26,27)18-4-2-1-3-15(18)20-16-5-6-19(29)33-22(16)23(21-17(20)7-11-31-21)32-14-10-28-8-12-30-13-9-28/h1-7,11H,8-10,12-14H2. The summed E-state index contributed by atoms with van der Waals surface area (Å²) < 4.78 is 63.9. The van der Waals surface area contributed by atoms with Crippen LogP contribution in [-0.4, -0.2) is 44.4 Å². The molecule has 0 unspecified atom stereocenters. The van der Waals surface area contributed by atoms with Gasteiger partial charge in [-0.3, -0.25) is 4.90 Å². The zero-order valence-corrected chi connectivity index (χ0v) is 17.5. The van der Waals surface area contributed by atoms with E-state index in [4.69, 9.17) is 18.3 Å². The minimum Gasteiger partial charge on any atom is -0.485 e. The number of nitrogens with zero attached hydrogens (tertiary/aromatic N) is 1. The van der Waals surface area contributed by atoms with Crippen LogP contribution >= 0.6 is 0 Å². The lowest BCUT2D eigenvalue weighted by atomic mass is 9.93. The van der Waals surface area contributed by atoms with Crippen LogP contribution in [0.4, 0.5) is 13.2 Å². The van der Waals surface area contributed by atoms with Crippen LogP contribution in [0.25, 0.3) is 33.1 Å². The highest BCUT2D eigenvalue weighted by atomic mass is 19.4. The van der Waals surface area contributed by atoms with Gasteiger partial charge < -0.3 is 18.3 Å². The highest BCUT2D eigenvalue weighted by Crippen LogP contribution is 2.46. The van der Waals surface area contributed by atoms with Crippen molar-refractivity contribution in [1.82, 2.24) is 4.90 Å². The molecule has 3 heterocycles. The number of fused-ring (bicyclic) bond motifs is 2. The molecule has 33 heavy (non-hydrogen) atoms. The molecule has 0 spiro atoms. The third kappa shape index (κ3) is 4.09. The van der Waals surface area contributed by atoms with E-state index in [1.54, 1.807) is 6.07 Å². The number of hydrogen-bond donors (Lipinski definition) is 0. The van der Waals surface area contributed by atoms with Gasteiger partial charge in [0.25, 0.3) is 0 Å². The van der Waals surface area contributed by atoms with E-state index in [1.807, 2.05) is 0 Å². The summed E-state index contributed by atoms with van der Waals surface area (Å²) in [6, 6.07) is 9.54. The smallest absolute Gasteiger partial charge is 0.417 e. The Kier molecular flexibility index (Phi) is 5.59. The molecule has 0 N–H and O–H groups in total. The molecule has 1 fully saturated rings. The van der Waals surface area contributed by atoms with Crippen LogP contribution in [0.15, 0.2) is 62.4 Å². The van der Waals surface area contributed by atoms with Gasteiger partial charge in [-0.1, -0.05) is 18.2 Å². The molecule has 0 amide bonds. The van der Waals surface area contributed by atoms with E-state index in [1.165, 1.54) is 36.6 Å². The second-order valence-electron chi connectivity index (χ2n) is 7.71. The fraction of sp³-hybridized carbons (Fsp3) is 0.292. The Morgan fingerprint density at radius 3 is 2.52 bits per heavy atom. The van der Waals surface area contributed by atoms with E-state index in [2.05, 4.69) is 4.90 Å². The molecule has 0 aliphatic carbocycles. The molecule has 4 aromatic rings. The number of morpholine rings is 1.